The van der Waals surface area contributed by atoms with E-state index in [2.05, 4.69) is 6.92 Å². The van der Waals surface area contributed by atoms with Crippen molar-refractivity contribution >= 4 is 11.9 Å². The summed E-state index contributed by atoms with van der Waals surface area (Å²) in [6.45, 7) is 4.04. The minimum absolute atomic E-state index is 0.0655. The second kappa shape index (κ2) is 10.8. The molecule has 0 bridgehead atoms. The first-order valence-electron chi connectivity index (χ1n) is 7.43. The molecule has 0 aliphatic carbocycles. The Hall–Kier alpha value is -1.06. The van der Waals surface area contributed by atoms with Gasteiger partial charge in [0.2, 0.25) is 0 Å². The lowest BCUT2D eigenvalue weighted by atomic mass is 9.87. The lowest BCUT2D eigenvalue weighted by Gasteiger charge is -2.18. The van der Waals surface area contributed by atoms with E-state index in [1.807, 2.05) is 6.92 Å². The molecule has 19 heavy (non-hydrogen) atoms. The summed E-state index contributed by atoms with van der Waals surface area (Å²) < 4.78 is 0. The Morgan fingerprint density at radius 1 is 0.947 bits per heavy atom. The maximum Gasteiger partial charge on any atom is 0.307 e. The summed E-state index contributed by atoms with van der Waals surface area (Å²) in [4.78, 5) is 21.7. The Morgan fingerprint density at radius 2 is 1.47 bits per heavy atom. The molecule has 0 aliphatic rings. The number of unbranched alkanes of at least 4 members (excludes halogenated alkanes) is 6. The van der Waals surface area contributed by atoms with E-state index in [4.69, 9.17) is 10.2 Å². The first kappa shape index (κ1) is 17.9. The Balaban J connectivity index is 3.78. The number of hydrogen-bond donors (Lipinski definition) is 2. The molecule has 2 N–H and O–H groups in total. The first-order chi connectivity index (χ1) is 8.99. The third-order valence-electron chi connectivity index (χ3n) is 3.66. The molecule has 0 aliphatic heterocycles. The molecule has 4 nitrogen and oxygen atoms in total. The fraction of sp³-hybridized carbons (Fsp3) is 0.867. The Kier molecular flexibility index (Phi) is 10.2. The predicted molar refractivity (Wildman–Crippen MR) is 75.2 cm³/mol. The van der Waals surface area contributed by atoms with Crippen LogP contribution in [0.15, 0.2) is 0 Å². The Morgan fingerprint density at radius 3 is 1.95 bits per heavy atom. The van der Waals surface area contributed by atoms with Crippen molar-refractivity contribution in [1.82, 2.24) is 0 Å². The van der Waals surface area contributed by atoms with Gasteiger partial charge in [-0.25, -0.2) is 0 Å². The Bertz CT molecular complexity index is 263. The summed E-state index contributed by atoms with van der Waals surface area (Å²) in [7, 11) is 0. The van der Waals surface area contributed by atoms with Gasteiger partial charge in [0.1, 0.15) is 0 Å². The summed E-state index contributed by atoms with van der Waals surface area (Å²) in [5, 5.41) is 17.7. The molecule has 0 rings (SSSR count). The number of aliphatic carboxylic acids is 2. The van der Waals surface area contributed by atoms with E-state index >= 15 is 0 Å². The molecule has 0 heterocycles. The van der Waals surface area contributed by atoms with Crippen LogP contribution >= 0.6 is 0 Å². The van der Waals surface area contributed by atoms with Crippen molar-refractivity contribution in [3.05, 3.63) is 0 Å². The fourth-order valence-corrected chi connectivity index (χ4v) is 2.34. The van der Waals surface area contributed by atoms with E-state index in [0.717, 1.165) is 19.3 Å². The molecule has 0 fully saturated rings. The van der Waals surface area contributed by atoms with Gasteiger partial charge in [0.25, 0.3) is 0 Å². The third-order valence-corrected chi connectivity index (χ3v) is 3.66. The highest BCUT2D eigenvalue weighted by Crippen LogP contribution is 2.22. The van der Waals surface area contributed by atoms with Gasteiger partial charge in [-0.05, 0) is 12.3 Å². The van der Waals surface area contributed by atoms with Crippen LogP contribution in [0.1, 0.15) is 71.6 Å². The average molecular weight is 272 g/mol. The SMILES string of the molecule is CCCCCCCCCC(C)C(CC(=O)O)C(=O)O. The summed E-state index contributed by atoms with van der Waals surface area (Å²) in [5.41, 5.74) is 0. The maximum atomic E-state index is 11.0. The number of rotatable bonds is 12. The topological polar surface area (TPSA) is 74.6 Å². The van der Waals surface area contributed by atoms with Gasteiger partial charge in [-0.2, -0.15) is 0 Å². The summed E-state index contributed by atoms with van der Waals surface area (Å²) in [6, 6.07) is 0. The highest BCUT2D eigenvalue weighted by molar-refractivity contribution is 5.77. The summed E-state index contributed by atoms with van der Waals surface area (Å²) >= 11 is 0. The van der Waals surface area contributed by atoms with E-state index in [9.17, 15) is 9.59 Å². The molecule has 0 amide bonds. The highest BCUT2D eigenvalue weighted by atomic mass is 16.4. The molecule has 0 radical (unpaired) electrons. The highest BCUT2D eigenvalue weighted by Gasteiger charge is 2.26. The number of carboxylic acid groups (broad SMARTS) is 2. The quantitative estimate of drug-likeness (QED) is 0.528. The van der Waals surface area contributed by atoms with Crippen molar-refractivity contribution in [2.45, 2.75) is 71.6 Å². The van der Waals surface area contributed by atoms with Crippen LogP contribution in [0.4, 0.5) is 0 Å². The molecule has 112 valence electrons. The van der Waals surface area contributed by atoms with Gasteiger partial charge in [0, 0.05) is 0 Å². The van der Waals surface area contributed by atoms with Crippen LogP contribution < -0.4 is 0 Å². The molecule has 2 atom stereocenters. The predicted octanol–water partition coefficient (Wildman–Crippen LogP) is 3.94. The lowest BCUT2D eigenvalue weighted by Crippen LogP contribution is -2.24. The molecular formula is C15H28O4. The number of hydrogen-bond acceptors (Lipinski definition) is 2. The molecule has 0 saturated carbocycles. The maximum absolute atomic E-state index is 11.0. The van der Waals surface area contributed by atoms with E-state index < -0.39 is 17.9 Å². The molecular weight excluding hydrogens is 244 g/mol. The molecule has 2 unspecified atom stereocenters. The summed E-state index contributed by atoms with van der Waals surface area (Å²) in [5.74, 6) is -2.83. The minimum Gasteiger partial charge on any atom is -0.481 e. The smallest absolute Gasteiger partial charge is 0.307 e. The third kappa shape index (κ3) is 9.51. The van der Waals surface area contributed by atoms with Crippen LogP contribution in [-0.2, 0) is 9.59 Å². The van der Waals surface area contributed by atoms with Gasteiger partial charge in [-0.3, -0.25) is 9.59 Å². The van der Waals surface area contributed by atoms with Crippen molar-refractivity contribution in [2.24, 2.45) is 11.8 Å². The van der Waals surface area contributed by atoms with Crippen LogP contribution in [0.5, 0.6) is 0 Å². The zero-order valence-corrected chi connectivity index (χ0v) is 12.2. The number of carboxylic acids is 2. The lowest BCUT2D eigenvalue weighted by molar-refractivity contribution is -0.150. The second-order valence-electron chi connectivity index (χ2n) is 5.43. The van der Waals surface area contributed by atoms with E-state index in [0.29, 0.717) is 0 Å². The van der Waals surface area contributed by atoms with Crippen molar-refractivity contribution in [3.63, 3.8) is 0 Å². The monoisotopic (exact) mass is 272 g/mol. The summed E-state index contributed by atoms with van der Waals surface area (Å²) in [6.07, 6.45) is 8.91. The zero-order valence-electron chi connectivity index (χ0n) is 12.2. The van der Waals surface area contributed by atoms with Crippen LogP contribution in [0, 0.1) is 11.8 Å². The molecule has 4 heteroatoms. The van der Waals surface area contributed by atoms with Crippen LogP contribution in [0.25, 0.3) is 0 Å². The molecule has 0 saturated heterocycles. The molecule has 0 spiro atoms. The zero-order chi connectivity index (χ0) is 14.7. The normalized spacial score (nSPS) is 14.0. The standard InChI is InChI=1S/C15H28O4/c1-3-4-5-6-7-8-9-10-12(2)13(15(18)19)11-14(16)17/h12-13H,3-11H2,1-2H3,(H,16,17)(H,18,19). The van der Waals surface area contributed by atoms with Gasteiger partial charge >= 0.3 is 11.9 Å². The van der Waals surface area contributed by atoms with E-state index in [-0.39, 0.29) is 12.3 Å². The fourth-order valence-electron chi connectivity index (χ4n) is 2.34. The van der Waals surface area contributed by atoms with Crippen molar-refractivity contribution in [2.75, 3.05) is 0 Å². The van der Waals surface area contributed by atoms with Crippen molar-refractivity contribution in [1.29, 1.82) is 0 Å². The largest absolute Gasteiger partial charge is 0.481 e. The van der Waals surface area contributed by atoms with Gasteiger partial charge in [-0.15, -0.1) is 0 Å². The molecule has 0 aromatic heterocycles. The first-order valence-corrected chi connectivity index (χ1v) is 7.43. The van der Waals surface area contributed by atoms with Crippen LogP contribution in [0.3, 0.4) is 0 Å². The van der Waals surface area contributed by atoms with Crippen LogP contribution in [0.2, 0.25) is 0 Å². The van der Waals surface area contributed by atoms with E-state index in [1.165, 1.54) is 32.1 Å². The van der Waals surface area contributed by atoms with Gasteiger partial charge < -0.3 is 10.2 Å². The van der Waals surface area contributed by atoms with Gasteiger partial charge in [0.15, 0.2) is 0 Å². The van der Waals surface area contributed by atoms with Gasteiger partial charge in [0.05, 0.1) is 12.3 Å². The second-order valence-corrected chi connectivity index (χ2v) is 5.43. The minimum atomic E-state index is -1.03. The molecule has 0 aromatic rings. The van der Waals surface area contributed by atoms with Gasteiger partial charge in [-0.1, -0.05) is 58.8 Å². The average Bonchev–Trinajstić information content (AvgIpc) is 2.34. The van der Waals surface area contributed by atoms with Crippen molar-refractivity contribution in [3.8, 4) is 0 Å². The number of carbonyl (C=O) groups is 2. The van der Waals surface area contributed by atoms with Crippen LogP contribution in [-0.4, -0.2) is 22.2 Å². The van der Waals surface area contributed by atoms with Crippen molar-refractivity contribution < 1.29 is 19.8 Å². The van der Waals surface area contributed by atoms with E-state index in [1.54, 1.807) is 0 Å². The molecule has 0 aromatic carbocycles. The Labute approximate surface area is 116 Å².